The Balaban J connectivity index is 1.38. The van der Waals surface area contributed by atoms with Gasteiger partial charge in [-0.2, -0.15) is 0 Å². The van der Waals surface area contributed by atoms with E-state index >= 15 is 0 Å². The number of nitrogens with one attached hydrogen (secondary N) is 2. The summed E-state index contributed by atoms with van der Waals surface area (Å²) in [5, 5.41) is 4.04. The number of rotatable bonds is 4. The van der Waals surface area contributed by atoms with Crippen LogP contribution < -0.4 is 10.9 Å². The highest BCUT2D eigenvalue weighted by Crippen LogP contribution is 2.41. The van der Waals surface area contributed by atoms with Gasteiger partial charge < -0.3 is 19.6 Å². The summed E-state index contributed by atoms with van der Waals surface area (Å²) < 4.78 is 5.79. The molecule has 30 heavy (non-hydrogen) atoms. The molecule has 6 rings (SSSR count). The molecule has 0 spiro atoms. The summed E-state index contributed by atoms with van der Waals surface area (Å²) in [6.07, 6.45) is 5.66. The Morgan fingerprint density at radius 2 is 2.10 bits per heavy atom. The van der Waals surface area contributed by atoms with E-state index in [0.717, 1.165) is 31.5 Å². The molecule has 3 aromatic rings. The summed E-state index contributed by atoms with van der Waals surface area (Å²) in [7, 11) is 0. The number of anilines is 1. The van der Waals surface area contributed by atoms with E-state index in [2.05, 4.69) is 32.2 Å². The number of hydrogen-bond acceptors (Lipinski definition) is 7. The fraction of sp³-hybridized carbons (Fsp3) is 0.476. The van der Waals surface area contributed by atoms with E-state index < -0.39 is 0 Å². The van der Waals surface area contributed by atoms with Crippen molar-refractivity contribution in [3.8, 4) is 0 Å². The molecule has 1 aliphatic heterocycles. The lowest BCUT2D eigenvalue weighted by molar-refractivity contribution is 0.0750. The summed E-state index contributed by atoms with van der Waals surface area (Å²) in [6, 6.07) is 0. The zero-order valence-corrected chi connectivity index (χ0v) is 16.9. The molecule has 0 aromatic carbocycles. The van der Waals surface area contributed by atoms with Crippen molar-refractivity contribution >= 4 is 22.8 Å². The molecule has 9 heteroatoms. The molecule has 1 amide bonds. The maximum absolute atomic E-state index is 13.5. The van der Waals surface area contributed by atoms with Crippen molar-refractivity contribution in [2.45, 2.75) is 64.1 Å². The van der Waals surface area contributed by atoms with E-state index in [0.29, 0.717) is 52.0 Å². The van der Waals surface area contributed by atoms with Crippen molar-refractivity contribution in [2.24, 2.45) is 0 Å². The number of aromatic amines is 1. The maximum atomic E-state index is 13.5. The van der Waals surface area contributed by atoms with Crippen LogP contribution in [-0.2, 0) is 13.1 Å². The molecule has 0 saturated heterocycles. The van der Waals surface area contributed by atoms with E-state index in [-0.39, 0.29) is 23.6 Å². The Morgan fingerprint density at radius 1 is 1.30 bits per heavy atom. The van der Waals surface area contributed by atoms with Gasteiger partial charge in [-0.15, -0.1) is 0 Å². The molecule has 0 radical (unpaired) electrons. The van der Waals surface area contributed by atoms with Crippen LogP contribution >= 0.6 is 0 Å². The first kappa shape index (κ1) is 17.6. The number of amides is 1. The Kier molecular flexibility index (Phi) is 3.46. The monoisotopic (exact) mass is 406 g/mol. The second kappa shape index (κ2) is 5.90. The SMILES string of the molecule is Cc1oc2ncnc(NC3(C)CC3)c2c1C(=O)N1Cc2nc(C3CC3)[nH]c(=O)c2C1. The van der Waals surface area contributed by atoms with Crippen LogP contribution in [0.4, 0.5) is 5.82 Å². The lowest BCUT2D eigenvalue weighted by Crippen LogP contribution is -2.27. The van der Waals surface area contributed by atoms with Crippen molar-refractivity contribution in [3.05, 3.63) is 45.1 Å². The summed E-state index contributed by atoms with van der Waals surface area (Å²) in [5.74, 6) is 2.01. The molecular formula is C21H22N6O3. The quantitative estimate of drug-likeness (QED) is 0.684. The zero-order chi connectivity index (χ0) is 20.6. The number of hydrogen-bond donors (Lipinski definition) is 2. The first-order valence-corrected chi connectivity index (χ1v) is 10.4. The highest BCUT2D eigenvalue weighted by molar-refractivity contribution is 6.10. The number of aromatic nitrogens is 4. The molecule has 2 fully saturated rings. The Hall–Kier alpha value is -3.23. The minimum atomic E-state index is -0.199. The van der Waals surface area contributed by atoms with Crippen molar-refractivity contribution in [1.29, 1.82) is 0 Å². The maximum Gasteiger partial charge on any atom is 0.258 e. The molecule has 3 aliphatic rings. The van der Waals surface area contributed by atoms with Crippen molar-refractivity contribution in [1.82, 2.24) is 24.8 Å². The second-order valence-electron chi connectivity index (χ2n) is 8.93. The standard InChI is InChI=1S/C21H22N6O3/c1-10-14(15-17(26-21(2)5-6-21)22-9-23-19(15)30-10)20(29)27-7-12-13(8-27)24-16(11-3-4-11)25-18(12)28/h9,11H,3-8H2,1-2H3,(H,22,23,26)(H,24,25,28). The average molecular weight is 406 g/mol. The first-order chi connectivity index (χ1) is 14.4. The smallest absolute Gasteiger partial charge is 0.258 e. The Labute approximate surface area is 171 Å². The van der Waals surface area contributed by atoms with Crippen molar-refractivity contribution < 1.29 is 9.21 Å². The number of carbonyl (C=O) groups excluding carboxylic acids is 1. The van der Waals surface area contributed by atoms with Gasteiger partial charge in [-0.25, -0.2) is 15.0 Å². The highest BCUT2D eigenvalue weighted by atomic mass is 16.3. The van der Waals surface area contributed by atoms with Crippen LogP contribution in [0.5, 0.6) is 0 Å². The van der Waals surface area contributed by atoms with Crippen LogP contribution in [0.15, 0.2) is 15.5 Å². The van der Waals surface area contributed by atoms with Gasteiger partial charge in [0.2, 0.25) is 5.71 Å². The number of carbonyl (C=O) groups is 1. The molecular weight excluding hydrogens is 384 g/mol. The van der Waals surface area contributed by atoms with E-state index in [1.807, 2.05) is 0 Å². The second-order valence-corrected chi connectivity index (χ2v) is 8.93. The van der Waals surface area contributed by atoms with Crippen LogP contribution in [0, 0.1) is 6.92 Å². The number of nitrogens with zero attached hydrogens (tertiary/aromatic N) is 4. The molecule has 2 saturated carbocycles. The summed E-state index contributed by atoms with van der Waals surface area (Å²) in [4.78, 5) is 43.9. The number of furan rings is 1. The van der Waals surface area contributed by atoms with Crippen LogP contribution in [0.3, 0.4) is 0 Å². The van der Waals surface area contributed by atoms with Gasteiger partial charge >= 0.3 is 0 Å². The fourth-order valence-electron chi connectivity index (χ4n) is 4.13. The lowest BCUT2D eigenvalue weighted by Gasteiger charge is -2.16. The molecule has 0 unspecified atom stereocenters. The third-order valence-electron chi connectivity index (χ3n) is 6.36. The van der Waals surface area contributed by atoms with Gasteiger partial charge in [0.1, 0.15) is 23.7 Å². The van der Waals surface area contributed by atoms with Gasteiger partial charge in [0.15, 0.2) is 0 Å². The van der Waals surface area contributed by atoms with Crippen molar-refractivity contribution in [2.75, 3.05) is 5.32 Å². The molecule has 0 bridgehead atoms. The van der Waals surface area contributed by atoms with Gasteiger partial charge in [-0.05, 0) is 39.5 Å². The lowest BCUT2D eigenvalue weighted by atomic mass is 10.1. The molecule has 154 valence electrons. The van der Waals surface area contributed by atoms with Crippen molar-refractivity contribution in [3.63, 3.8) is 0 Å². The van der Waals surface area contributed by atoms with E-state index in [1.54, 1.807) is 11.8 Å². The minimum absolute atomic E-state index is 0.00686. The van der Waals surface area contributed by atoms with Gasteiger partial charge in [0.05, 0.1) is 35.3 Å². The Bertz CT molecular complexity index is 1270. The van der Waals surface area contributed by atoms with Gasteiger partial charge in [0.25, 0.3) is 11.5 Å². The molecule has 3 aromatic heterocycles. The third-order valence-corrected chi connectivity index (χ3v) is 6.36. The molecule has 9 nitrogen and oxygen atoms in total. The highest BCUT2D eigenvalue weighted by Gasteiger charge is 2.39. The minimum Gasteiger partial charge on any atom is -0.442 e. The fourth-order valence-corrected chi connectivity index (χ4v) is 4.13. The summed E-state index contributed by atoms with van der Waals surface area (Å²) in [5.41, 5.74) is 1.95. The normalized spacial score (nSPS) is 19.2. The first-order valence-electron chi connectivity index (χ1n) is 10.4. The van der Waals surface area contributed by atoms with Gasteiger partial charge in [-0.1, -0.05) is 0 Å². The largest absolute Gasteiger partial charge is 0.442 e. The predicted molar refractivity (Wildman–Crippen MR) is 108 cm³/mol. The van der Waals surface area contributed by atoms with E-state index in [9.17, 15) is 9.59 Å². The van der Waals surface area contributed by atoms with Gasteiger partial charge in [0, 0.05) is 11.5 Å². The molecule has 2 N–H and O–H groups in total. The summed E-state index contributed by atoms with van der Waals surface area (Å²) in [6.45, 7) is 4.44. The molecule has 2 aliphatic carbocycles. The van der Waals surface area contributed by atoms with E-state index in [4.69, 9.17) is 4.42 Å². The third kappa shape index (κ3) is 2.72. The van der Waals surface area contributed by atoms with Crippen LogP contribution in [0.1, 0.15) is 71.7 Å². The van der Waals surface area contributed by atoms with Crippen LogP contribution in [0.25, 0.3) is 11.1 Å². The average Bonchev–Trinajstić information content (AvgIpc) is 3.60. The number of aryl methyl sites for hydroxylation is 1. The summed E-state index contributed by atoms with van der Waals surface area (Å²) >= 11 is 0. The molecule has 4 heterocycles. The zero-order valence-electron chi connectivity index (χ0n) is 16.9. The predicted octanol–water partition coefficient (Wildman–Crippen LogP) is 2.61. The topological polar surface area (TPSA) is 117 Å². The van der Waals surface area contributed by atoms with Crippen LogP contribution in [0.2, 0.25) is 0 Å². The number of H-pyrrole nitrogens is 1. The number of fused-ring (bicyclic) bond motifs is 2. The van der Waals surface area contributed by atoms with Gasteiger partial charge in [-0.3, -0.25) is 9.59 Å². The van der Waals surface area contributed by atoms with Crippen LogP contribution in [-0.4, -0.2) is 36.3 Å². The molecule has 0 atom stereocenters. The van der Waals surface area contributed by atoms with E-state index in [1.165, 1.54) is 6.33 Å². The Morgan fingerprint density at radius 3 is 2.83 bits per heavy atom.